The summed E-state index contributed by atoms with van der Waals surface area (Å²) in [6, 6.07) is 30.1. The number of para-hydroxylation sites is 1. The molecule has 1 heterocycles. The topological polar surface area (TPSA) is 16.4 Å². The minimum absolute atomic E-state index is 0.695. The number of furan rings is 1. The first kappa shape index (κ1) is 15.8. The first-order valence-corrected chi connectivity index (χ1v) is 12.8. The van der Waals surface area contributed by atoms with Crippen molar-refractivity contribution in [3.8, 4) is 0 Å². The van der Waals surface area contributed by atoms with Crippen LogP contribution in [-0.2, 0) is 0 Å². The van der Waals surface area contributed by atoms with Crippen molar-refractivity contribution in [3.05, 3.63) is 84.9 Å². The second-order valence-corrected chi connectivity index (χ2v) is 8.93. The van der Waals surface area contributed by atoms with E-state index in [1.54, 1.807) is 0 Å². The van der Waals surface area contributed by atoms with E-state index in [2.05, 4.69) is 93.0 Å². The summed E-state index contributed by atoms with van der Waals surface area (Å²) in [6.45, 7) is 0. The maximum atomic E-state index is 6.13. The van der Waals surface area contributed by atoms with Gasteiger partial charge in [0.2, 0.25) is 0 Å². The third-order valence-electron chi connectivity index (χ3n) is 4.82. The van der Waals surface area contributed by atoms with Crippen molar-refractivity contribution in [2.45, 2.75) is 4.94 Å². The van der Waals surface area contributed by atoms with Crippen LogP contribution in [0.4, 0.5) is 11.4 Å². The van der Waals surface area contributed by atoms with E-state index in [0.717, 1.165) is 11.2 Å². The molecule has 0 aliphatic heterocycles. The molecule has 0 aliphatic carbocycles. The Kier molecular flexibility index (Phi) is 3.86. The van der Waals surface area contributed by atoms with Gasteiger partial charge in [-0.1, -0.05) is 0 Å². The van der Waals surface area contributed by atoms with E-state index in [1.807, 2.05) is 0 Å². The Hall–Kier alpha value is -2.46. The van der Waals surface area contributed by atoms with E-state index in [1.165, 1.54) is 32.9 Å². The molecule has 5 rings (SSSR count). The maximum absolute atomic E-state index is 6.13. The van der Waals surface area contributed by atoms with Crippen molar-refractivity contribution < 1.29 is 4.42 Å². The molecule has 124 valence electrons. The van der Waals surface area contributed by atoms with Crippen molar-refractivity contribution in [1.82, 2.24) is 0 Å². The SMILES string of the molecule is [CH3][Sn][N](c1ccccc1)c1ccc2oc3cc4ccccc4cc3c2c1. The van der Waals surface area contributed by atoms with Gasteiger partial charge in [0.1, 0.15) is 0 Å². The molecule has 26 heavy (non-hydrogen) atoms. The number of fused-ring (bicyclic) bond motifs is 4. The molecular formula is C23H17NOSn. The summed E-state index contributed by atoms with van der Waals surface area (Å²) in [5.41, 5.74) is 4.44. The molecule has 0 aliphatic rings. The fourth-order valence-corrected chi connectivity index (χ4v) is 5.87. The summed E-state index contributed by atoms with van der Waals surface area (Å²) in [7, 11) is 0. The molecule has 2 radical (unpaired) electrons. The molecule has 0 saturated carbocycles. The molecule has 0 bridgehead atoms. The van der Waals surface area contributed by atoms with Gasteiger partial charge < -0.3 is 0 Å². The van der Waals surface area contributed by atoms with Crippen LogP contribution in [0.25, 0.3) is 32.7 Å². The molecule has 0 saturated heterocycles. The van der Waals surface area contributed by atoms with Crippen LogP contribution in [-0.4, -0.2) is 21.4 Å². The summed E-state index contributed by atoms with van der Waals surface area (Å²) in [5.74, 6) is 0. The van der Waals surface area contributed by atoms with E-state index in [0.29, 0.717) is 0 Å². The number of anilines is 2. The Morgan fingerprint density at radius 1 is 0.654 bits per heavy atom. The molecule has 0 atom stereocenters. The fraction of sp³-hybridized carbons (Fsp3) is 0.0435. The standard InChI is InChI=1S/C22H14NO.CH3.Sn/c1-2-8-17(9-3-1)23-18-10-11-21-20(14-18)19-12-15-6-4-5-7-16(15)13-22(19)24-21;;/h1-14H;1H3;/q-1;;+1. The van der Waals surface area contributed by atoms with Gasteiger partial charge in [0.05, 0.1) is 0 Å². The monoisotopic (exact) mass is 443 g/mol. The zero-order chi connectivity index (χ0) is 17.5. The first-order chi connectivity index (χ1) is 12.8. The molecule has 0 spiro atoms. The van der Waals surface area contributed by atoms with Gasteiger partial charge in [0.25, 0.3) is 0 Å². The molecule has 1 aromatic heterocycles. The molecule has 0 unspecified atom stereocenters. The normalized spacial score (nSPS) is 11.4. The Morgan fingerprint density at radius 3 is 2.12 bits per heavy atom. The van der Waals surface area contributed by atoms with Crippen LogP contribution in [0.2, 0.25) is 4.94 Å². The summed E-state index contributed by atoms with van der Waals surface area (Å²) < 4.78 is 8.62. The Morgan fingerprint density at radius 2 is 1.35 bits per heavy atom. The molecule has 0 amide bonds. The van der Waals surface area contributed by atoms with Crippen LogP contribution in [0.3, 0.4) is 0 Å². The van der Waals surface area contributed by atoms with Gasteiger partial charge >= 0.3 is 163 Å². The zero-order valence-corrected chi connectivity index (χ0v) is 17.3. The molecule has 0 fully saturated rings. The fourth-order valence-electron chi connectivity index (χ4n) is 3.57. The van der Waals surface area contributed by atoms with Crippen LogP contribution in [0, 0.1) is 0 Å². The molecular weight excluding hydrogens is 425 g/mol. The van der Waals surface area contributed by atoms with Crippen molar-refractivity contribution >= 4 is 65.5 Å². The number of hydrogen-bond acceptors (Lipinski definition) is 2. The Balaban J connectivity index is 1.73. The van der Waals surface area contributed by atoms with Gasteiger partial charge in [-0.15, -0.1) is 0 Å². The number of hydrogen-bond donors (Lipinski definition) is 0. The predicted molar refractivity (Wildman–Crippen MR) is 111 cm³/mol. The van der Waals surface area contributed by atoms with Gasteiger partial charge in [-0.05, 0) is 0 Å². The zero-order valence-electron chi connectivity index (χ0n) is 14.4. The quantitative estimate of drug-likeness (QED) is 0.295. The van der Waals surface area contributed by atoms with E-state index < -0.39 is 21.4 Å². The molecule has 5 aromatic rings. The van der Waals surface area contributed by atoms with Crippen LogP contribution >= 0.6 is 0 Å². The van der Waals surface area contributed by atoms with Gasteiger partial charge in [0.15, 0.2) is 0 Å². The van der Waals surface area contributed by atoms with Gasteiger partial charge in [-0.3, -0.25) is 0 Å². The summed E-state index contributed by atoms with van der Waals surface area (Å²) in [5, 5.41) is 4.85. The van der Waals surface area contributed by atoms with Crippen molar-refractivity contribution in [3.63, 3.8) is 0 Å². The molecule has 3 heteroatoms. The second kappa shape index (κ2) is 6.36. The van der Waals surface area contributed by atoms with Crippen molar-refractivity contribution in [1.29, 1.82) is 0 Å². The summed E-state index contributed by atoms with van der Waals surface area (Å²) in [6.07, 6.45) is 0. The van der Waals surface area contributed by atoms with Gasteiger partial charge in [-0.25, -0.2) is 0 Å². The van der Waals surface area contributed by atoms with Crippen molar-refractivity contribution in [2.75, 3.05) is 3.12 Å². The molecule has 2 nitrogen and oxygen atoms in total. The van der Waals surface area contributed by atoms with Crippen LogP contribution in [0.1, 0.15) is 0 Å². The summed E-state index contributed by atoms with van der Waals surface area (Å²) >= 11 is -0.695. The minimum atomic E-state index is -0.695. The van der Waals surface area contributed by atoms with Gasteiger partial charge in [-0.2, -0.15) is 0 Å². The van der Waals surface area contributed by atoms with E-state index >= 15 is 0 Å². The molecule has 4 aromatic carbocycles. The Bertz CT molecular complexity index is 1230. The average Bonchev–Trinajstić information content (AvgIpc) is 3.04. The number of rotatable bonds is 3. The predicted octanol–water partition coefficient (Wildman–Crippen LogP) is 6.54. The van der Waals surface area contributed by atoms with E-state index in [4.69, 9.17) is 4.42 Å². The first-order valence-electron chi connectivity index (χ1n) is 8.71. The van der Waals surface area contributed by atoms with Crippen LogP contribution < -0.4 is 3.12 Å². The summed E-state index contributed by atoms with van der Waals surface area (Å²) in [4.78, 5) is 2.35. The van der Waals surface area contributed by atoms with Crippen molar-refractivity contribution in [2.24, 2.45) is 0 Å². The third-order valence-corrected chi connectivity index (χ3v) is 7.57. The number of nitrogens with zero attached hydrogens (tertiary/aromatic N) is 1. The number of benzene rings is 4. The van der Waals surface area contributed by atoms with E-state index in [-0.39, 0.29) is 0 Å². The third kappa shape index (κ3) is 2.56. The van der Waals surface area contributed by atoms with Gasteiger partial charge in [0, 0.05) is 0 Å². The molecule has 0 N–H and O–H groups in total. The second-order valence-electron chi connectivity index (χ2n) is 6.37. The van der Waals surface area contributed by atoms with Crippen LogP contribution in [0.5, 0.6) is 0 Å². The van der Waals surface area contributed by atoms with Crippen LogP contribution in [0.15, 0.2) is 89.3 Å². The Labute approximate surface area is 162 Å². The van der Waals surface area contributed by atoms with E-state index in [9.17, 15) is 0 Å². The average molecular weight is 442 g/mol.